The number of aromatic amines is 1. The molecule has 0 fully saturated rings. The molecule has 98 valence electrons. The van der Waals surface area contributed by atoms with Gasteiger partial charge in [0.2, 0.25) is 0 Å². The van der Waals surface area contributed by atoms with Gasteiger partial charge in [0.05, 0.1) is 4.92 Å². The zero-order chi connectivity index (χ0) is 13.8. The van der Waals surface area contributed by atoms with E-state index in [1.807, 2.05) is 0 Å². The van der Waals surface area contributed by atoms with Crippen LogP contribution in [0.3, 0.4) is 0 Å². The van der Waals surface area contributed by atoms with E-state index in [-0.39, 0.29) is 11.5 Å². The molecule has 3 N–H and O–H groups in total. The number of non-ortho nitro benzene ring substituents is 1. The first-order valence-electron chi connectivity index (χ1n) is 5.14. The number of anilines is 1. The number of rotatable bonds is 4. The molecule has 0 saturated heterocycles. The number of aromatic nitrogens is 3. The molecule has 0 bridgehead atoms. The molecule has 1 aromatic heterocycles. The Morgan fingerprint density at radius 1 is 1.37 bits per heavy atom. The van der Waals surface area contributed by atoms with Crippen LogP contribution >= 0.6 is 11.8 Å². The fourth-order valence-electron chi connectivity index (χ4n) is 1.30. The van der Waals surface area contributed by atoms with Gasteiger partial charge in [-0.15, -0.1) is 0 Å². The Labute approximate surface area is 111 Å². The SMILES string of the molecule is Nc1n[nH]c(=O)nc1SCc1ccc([N+](=O)[O-])cc1. The van der Waals surface area contributed by atoms with E-state index in [2.05, 4.69) is 15.2 Å². The fourth-order valence-corrected chi connectivity index (χ4v) is 2.14. The molecule has 0 saturated carbocycles. The standard InChI is InChI=1S/C10H9N5O3S/c11-8-9(12-10(16)14-13-8)19-5-6-1-3-7(4-2-6)15(17)18/h1-4H,5H2,(H2,11,13)(H,12,14,16). The Hall–Kier alpha value is -2.42. The van der Waals surface area contributed by atoms with Gasteiger partial charge >= 0.3 is 5.69 Å². The number of H-pyrrole nitrogens is 1. The van der Waals surface area contributed by atoms with Crippen LogP contribution in [0, 0.1) is 10.1 Å². The van der Waals surface area contributed by atoms with Crippen LogP contribution in [0.15, 0.2) is 34.1 Å². The minimum Gasteiger partial charge on any atom is -0.380 e. The lowest BCUT2D eigenvalue weighted by Gasteiger charge is -2.02. The number of nitrogens with zero attached hydrogens (tertiary/aromatic N) is 3. The molecular formula is C10H9N5O3S. The van der Waals surface area contributed by atoms with Crippen molar-refractivity contribution in [2.45, 2.75) is 10.8 Å². The summed E-state index contributed by atoms with van der Waals surface area (Å²) in [6, 6.07) is 6.12. The van der Waals surface area contributed by atoms with Gasteiger partial charge in [-0.3, -0.25) is 10.1 Å². The number of hydrogen-bond acceptors (Lipinski definition) is 7. The minimum atomic E-state index is -0.569. The third-order valence-electron chi connectivity index (χ3n) is 2.22. The van der Waals surface area contributed by atoms with Gasteiger partial charge in [-0.05, 0) is 5.56 Å². The van der Waals surface area contributed by atoms with Crippen LogP contribution in [0.1, 0.15) is 5.56 Å². The lowest BCUT2D eigenvalue weighted by atomic mass is 10.2. The summed E-state index contributed by atoms with van der Waals surface area (Å²) < 4.78 is 0. The molecule has 2 aromatic rings. The molecule has 0 aliphatic rings. The topological polar surface area (TPSA) is 128 Å². The fraction of sp³-hybridized carbons (Fsp3) is 0.100. The summed E-state index contributed by atoms with van der Waals surface area (Å²) in [5, 5.41) is 16.6. The van der Waals surface area contributed by atoms with E-state index in [4.69, 9.17) is 5.73 Å². The summed E-state index contributed by atoms with van der Waals surface area (Å²) in [4.78, 5) is 24.7. The normalized spacial score (nSPS) is 10.3. The van der Waals surface area contributed by atoms with Gasteiger partial charge in [-0.2, -0.15) is 10.1 Å². The average molecular weight is 279 g/mol. The van der Waals surface area contributed by atoms with Crippen molar-refractivity contribution in [1.29, 1.82) is 0 Å². The molecule has 0 spiro atoms. The third-order valence-corrected chi connectivity index (χ3v) is 3.27. The molecule has 0 radical (unpaired) electrons. The zero-order valence-corrected chi connectivity index (χ0v) is 10.4. The van der Waals surface area contributed by atoms with Crippen LogP contribution in [0.2, 0.25) is 0 Å². The second-order valence-corrected chi connectivity index (χ2v) is 4.51. The number of nitro groups is 1. The maximum Gasteiger partial charge on any atom is 0.362 e. The second kappa shape index (κ2) is 5.48. The Balaban J connectivity index is 2.08. The highest BCUT2D eigenvalue weighted by molar-refractivity contribution is 7.98. The number of thioether (sulfide) groups is 1. The molecule has 1 aromatic carbocycles. The summed E-state index contributed by atoms with van der Waals surface area (Å²) in [5.41, 5.74) is 5.88. The van der Waals surface area contributed by atoms with Crippen LogP contribution in [-0.2, 0) is 5.75 Å². The zero-order valence-electron chi connectivity index (χ0n) is 9.57. The molecule has 2 rings (SSSR count). The summed E-state index contributed by atoms with van der Waals surface area (Å²) in [6.45, 7) is 0. The van der Waals surface area contributed by atoms with Crippen LogP contribution in [-0.4, -0.2) is 20.1 Å². The van der Waals surface area contributed by atoms with Crippen molar-refractivity contribution >= 4 is 23.3 Å². The summed E-state index contributed by atoms with van der Waals surface area (Å²) in [5.74, 6) is 0.631. The number of hydrogen-bond donors (Lipinski definition) is 2. The van der Waals surface area contributed by atoms with Crippen molar-refractivity contribution in [1.82, 2.24) is 15.2 Å². The predicted octanol–water partition coefficient (Wildman–Crippen LogP) is 0.948. The lowest BCUT2D eigenvalue weighted by molar-refractivity contribution is -0.384. The summed E-state index contributed by atoms with van der Waals surface area (Å²) in [6.07, 6.45) is 0. The van der Waals surface area contributed by atoms with E-state index in [0.29, 0.717) is 10.8 Å². The van der Waals surface area contributed by atoms with E-state index < -0.39 is 10.6 Å². The molecular weight excluding hydrogens is 270 g/mol. The van der Waals surface area contributed by atoms with Crippen molar-refractivity contribution in [3.05, 3.63) is 50.4 Å². The third kappa shape index (κ3) is 3.28. The first-order valence-corrected chi connectivity index (χ1v) is 6.13. The number of nitrogens with two attached hydrogens (primary N) is 1. The molecule has 0 unspecified atom stereocenters. The lowest BCUT2D eigenvalue weighted by Crippen LogP contribution is -2.15. The number of benzene rings is 1. The molecule has 19 heavy (non-hydrogen) atoms. The van der Waals surface area contributed by atoms with Gasteiger partial charge < -0.3 is 5.73 Å². The van der Waals surface area contributed by atoms with Gasteiger partial charge in [0, 0.05) is 17.9 Å². The molecule has 8 nitrogen and oxygen atoms in total. The maximum atomic E-state index is 11.0. The van der Waals surface area contributed by atoms with Crippen molar-refractivity contribution in [3.63, 3.8) is 0 Å². The molecule has 0 atom stereocenters. The first-order chi connectivity index (χ1) is 9.06. The molecule has 0 aliphatic carbocycles. The van der Waals surface area contributed by atoms with Gasteiger partial charge in [0.1, 0.15) is 5.03 Å². The van der Waals surface area contributed by atoms with Crippen LogP contribution in [0.4, 0.5) is 11.5 Å². The van der Waals surface area contributed by atoms with E-state index in [1.165, 1.54) is 23.9 Å². The maximum absolute atomic E-state index is 11.0. The van der Waals surface area contributed by atoms with E-state index >= 15 is 0 Å². The highest BCUT2D eigenvalue weighted by Crippen LogP contribution is 2.24. The van der Waals surface area contributed by atoms with Crippen molar-refractivity contribution in [3.8, 4) is 0 Å². The summed E-state index contributed by atoms with van der Waals surface area (Å²) in [7, 11) is 0. The van der Waals surface area contributed by atoms with Gasteiger partial charge in [-0.1, -0.05) is 23.9 Å². The van der Waals surface area contributed by atoms with Crippen molar-refractivity contribution in [2.75, 3.05) is 5.73 Å². The smallest absolute Gasteiger partial charge is 0.362 e. The Morgan fingerprint density at radius 2 is 2.05 bits per heavy atom. The predicted molar refractivity (Wildman–Crippen MR) is 69.7 cm³/mol. The minimum absolute atomic E-state index is 0.0317. The van der Waals surface area contributed by atoms with Crippen LogP contribution < -0.4 is 11.4 Å². The Bertz CT molecular complexity index is 655. The van der Waals surface area contributed by atoms with E-state index in [9.17, 15) is 14.9 Å². The number of nitrogens with one attached hydrogen (secondary N) is 1. The van der Waals surface area contributed by atoms with Crippen molar-refractivity contribution < 1.29 is 4.92 Å². The largest absolute Gasteiger partial charge is 0.380 e. The number of nitrogen functional groups attached to an aromatic ring is 1. The second-order valence-electron chi connectivity index (χ2n) is 3.54. The quantitative estimate of drug-likeness (QED) is 0.484. The van der Waals surface area contributed by atoms with E-state index in [0.717, 1.165) is 5.56 Å². The summed E-state index contributed by atoms with van der Waals surface area (Å²) >= 11 is 1.24. The molecule has 9 heteroatoms. The Morgan fingerprint density at radius 3 is 2.68 bits per heavy atom. The van der Waals surface area contributed by atoms with Gasteiger partial charge in [0.25, 0.3) is 5.69 Å². The molecule has 0 aliphatic heterocycles. The average Bonchev–Trinajstić information content (AvgIpc) is 2.40. The highest BCUT2D eigenvalue weighted by Gasteiger charge is 2.07. The van der Waals surface area contributed by atoms with Crippen molar-refractivity contribution in [2.24, 2.45) is 0 Å². The number of nitro benzene ring substituents is 1. The van der Waals surface area contributed by atoms with Crippen LogP contribution in [0.25, 0.3) is 0 Å². The molecule has 1 heterocycles. The van der Waals surface area contributed by atoms with Gasteiger partial charge in [0.15, 0.2) is 5.82 Å². The monoisotopic (exact) mass is 279 g/mol. The molecule has 0 amide bonds. The van der Waals surface area contributed by atoms with Gasteiger partial charge in [-0.25, -0.2) is 9.89 Å². The van der Waals surface area contributed by atoms with Crippen LogP contribution in [0.5, 0.6) is 0 Å². The highest BCUT2D eigenvalue weighted by atomic mass is 32.2. The Kier molecular flexibility index (Phi) is 3.76. The first kappa shape index (κ1) is 13.0. The van der Waals surface area contributed by atoms with E-state index in [1.54, 1.807) is 12.1 Å².